The number of carboxylic acids is 2. The fraction of sp³-hybridized carbons (Fsp3) is 0.297. The summed E-state index contributed by atoms with van der Waals surface area (Å²) in [5, 5.41) is 23.6. The number of aliphatic carboxylic acids is 2. The number of carbonyl (C=O) groups is 2. The first-order valence-electron chi connectivity index (χ1n) is 15.9. The molecule has 0 heterocycles. The van der Waals surface area contributed by atoms with E-state index in [9.17, 15) is 22.8 Å². The van der Waals surface area contributed by atoms with Gasteiger partial charge in [-0.15, -0.1) is 0 Å². The first kappa shape index (κ1) is 43.1. The molecule has 0 spiro atoms. The maximum atomic E-state index is 13.1. The van der Waals surface area contributed by atoms with Crippen LogP contribution >= 0.6 is 63.7 Å². The van der Waals surface area contributed by atoms with Crippen molar-refractivity contribution in [2.75, 3.05) is 24.2 Å². The molecule has 4 rings (SSSR count). The number of carboxylic acid groups (broad SMARTS) is 2. The van der Waals surface area contributed by atoms with Crippen molar-refractivity contribution in [2.24, 2.45) is 0 Å². The van der Waals surface area contributed by atoms with Crippen molar-refractivity contribution in [3.8, 4) is 11.5 Å². The van der Waals surface area contributed by atoms with E-state index >= 15 is 0 Å². The van der Waals surface area contributed by atoms with Crippen LogP contribution in [0.2, 0.25) is 0 Å². The van der Waals surface area contributed by atoms with Gasteiger partial charge in [0.25, 0.3) is 0 Å². The summed E-state index contributed by atoms with van der Waals surface area (Å²) in [6.07, 6.45) is -3.51. The zero-order chi connectivity index (χ0) is 38.6. The molecular weight excluding hydrogens is 945 g/mol. The SMILES string of the molecule is CCNc1cc(COc2c(Br)cc(CCC(=O)O)cc2Br)cc(C(F)(F)F)c1.CNc1cccc(COc2c(Br)cc(CCC(=O)O)cc2Br)c1C. The van der Waals surface area contributed by atoms with E-state index in [0.29, 0.717) is 57.7 Å². The lowest BCUT2D eigenvalue weighted by molar-refractivity contribution is -0.138. The monoisotopic (exact) mass is 978 g/mol. The van der Waals surface area contributed by atoms with E-state index in [1.807, 2.05) is 37.4 Å². The standard InChI is InChI=1S/C19H18Br2F3NO3.C18H19Br2NO3/c1-2-25-14-6-12(5-13(9-14)19(22,23)24)10-28-18-15(20)7-11(8-16(18)21)3-4-17(26)27;1-11-13(4-3-5-16(11)21-2)10-24-18-14(19)8-12(9-15(18)20)6-7-17(22)23/h5-9,25H,2-4,10H2,1H3,(H,26,27);3-5,8-9,21H,6-7,10H2,1-2H3,(H,22,23). The lowest BCUT2D eigenvalue weighted by Crippen LogP contribution is -2.09. The smallest absolute Gasteiger partial charge is 0.416 e. The lowest BCUT2D eigenvalue weighted by Gasteiger charge is -2.15. The van der Waals surface area contributed by atoms with Crippen molar-refractivity contribution in [3.05, 3.63) is 112 Å². The maximum absolute atomic E-state index is 13.1. The zero-order valence-corrected chi connectivity index (χ0v) is 34.7. The average Bonchev–Trinajstić information content (AvgIpc) is 3.06. The van der Waals surface area contributed by atoms with Gasteiger partial charge in [0.15, 0.2) is 0 Å². The third-order valence-corrected chi connectivity index (χ3v) is 9.90. The van der Waals surface area contributed by atoms with Gasteiger partial charge in [-0.2, -0.15) is 13.2 Å². The van der Waals surface area contributed by atoms with Gasteiger partial charge in [0.2, 0.25) is 0 Å². The van der Waals surface area contributed by atoms with E-state index in [4.69, 9.17) is 19.7 Å². The number of nitrogens with one attached hydrogen (secondary N) is 2. The van der Waals surface area contributed by atoms with Crippen molar-refractivity contribution in [1.82, 2.24) is 0 Å². The van der Waals surface area contributed by atoms with Gasteiger partial charge in [0.1, 0.15) is 24.7 Å². The van der Waals surface area contributed by atoms with Crippen molar-refractivity contribution >= 4 is 87.0 Å². The van der Waals surface area contributed by atoms with Crippen molar-refractivity contribution in [3.63, 3.8) is 0 Å². The Kier molecular flexibility index (Phi) is 16.8. The summed E-state index contributed by atoms with van der Waals surface area (Å²) in [5.41, 5.74) is 5.09. The topological polar surface area (TPSA) is 117 Å². The van der Waals surface area contributed by atoms with Gasteiger partial charge in [0.05, 0.1) is 23.5 Å². The molecule has 0 fully saturated rings. The molecule has 0 aliphatic carbocycles. The molecule has 0 radical (unpaired) electrons. The normalized spacial score (nSPS) is 11.0. The highest BCUT2D eigenvalue weighted by Gasteiger charge is 2.31. The Morgan fingerprint density at radius 1 is 0.750 bits per heavy atom. The number of ether oxygens (including phenoxy) is 2. The van der Waals surface area contributed by atoms with Crippen LogP contribution in [0.4, 0.5) is 24.5 Å². The molecule has 0 unspecified atom stereocenters. The molecule has 0 atom stereocenters. The molecule has 0 aromatic heterocycles. The number of hydrogen-bond donors (Lipinski definition) is 4. The molecule has 0 bridgehead atoms. The number of alkyl halides is 3. The summed E-state index contributed by atoms with van der Waals surface area (Å²) in [4.78, 5) is 21.4. The molecule has 280 valence electrons. The molecule has 8 nitrogen and oxygen atoms in total. The molecular formula is C37H37Br4F3N2O6. The van der Waals surface area contributed by atoms with Gasteiger partial charge < -0.3 is 30.3 Å². The average molecular weight is 982 g/mol. The minimum atomic E-state index is -4.45. The third-order valence-electron chi connectivity index (χ3n) is 7.54. The fourth-order valence-corrected chi connectivity index (χ4v) is 7.97. The van der Waals surface area contributed by atoms with Crippen LogP contribution in [-0.4, -0.2) is 35.7 Å². The van der Waals surface area contributed by atoms with Crippen LogP contribution in [0, 0.1) is 6.92 Å². The summed E-state index contributed by atoms with van der Waals surface area (Å²) in [7, 11) is 1.90. The predicted molar refractivity (Wildman–Crippen MR) is 211 cm³/mol. The fourth-order valence-electron chi connectivity index (χ4n) is 4.95. The van der Waals surface area contributed by atoms with Gasteiger partial charge in [-0.1, -0.05) is 12.1 Å². The molecule has 0 saturated carbocycles. The predicted octanol–water partition coefficient (Wildman–Crippen LogP) is 11.4. The van der Waals surface area contributed by atoms with E-state index in [1.54, 1.807) is 25.1 Å². The maximum Gasteiger partial charge on any atom is 0.416 e. The van der Waals surface area contributed by atoms with E-state index < -0.39 is 23.7 Å². The Labute approximate surface area is 334 Å². The quantitative estimate of drug-likeness (QED) is 0.0931. The molecule has 0 saturated heterocycles. The van der Waals surface area contributed by atoms with Crippen molar-refractivity contribution in [2.45, 2.75) is 58.9 Å². The van der Waals surface area contributed by atoms with Gasteiger partial charge in [-0.25, -0.2) is 0 Å². The van der Waals surface area contributed by atoms with Crippen molar-refractivity contribution in [1.29, 1.82) is 0 Å². The Morgan fingerprint density at radius 3 is 1.69 bits per heavy atom. The first-order valence-corrected chi connectivity index (χ1v) is 19.1. The summed E-state index contributed by atoms with van der Waals surface area (Å²) in [6.45, 7) is 4.75. The van der Waals surface area contributed by atoms with E-state index in [2.05, 4.69) is 81.3 Å². The molecule has 15 heteroatoms. The molecule has 52 heavy (non-hydrogen) atoms. The molecule has 0 aliphatic rings. The van der Waals surface area contributed by atoms with Crippen LogP contribution in [0.15, 0.2) is 78.6 Å². The van der Waals surface area contributed by atoms with Crippen LogP contribution < -0.4 is 20.1 Å². The zero-order valence-electron chi connectivity index (χ0n) is 28.4. The Morgan fingerprint density at radius 2 is 1.25 bits per heavy atom. The van der Waals surface area contributed by atoms with E-state index in [-0.39, 0.29) is 19.4 Å². The highest BCUT2D eigenvalue weighted by Crippen LogP contribution is 2.38. The highest BCUT2D eigenvalue weighted by atomic mass is 79.9. The second-order valence-corrected chi connectivity index (χ2v) is 14.8. The summed E-state index contributed by atoms with van der Waals surface area (Å²) in [5.74, 6) is -0.555. The number of hydrogen-bond acceptors (Lipinski definition) is 6. The number of aryl methyl sites for hydroxylation is 2. The second-order valence-electron chi connectivity index (χ2n) is 11.4. The van der Waals surface area contributed by atoms with Gasteiger partial charge in [0, 0.05) is 37.8 Å². The van der Waals surface area contributed by atoms with Crippen molar-refractivity contribution < 1.29 is 42.4 Å². The van der Waals surface area contributed by atoms with Crippen LogP contribution in [0.3, 0.4) is 0 Å². The Hall–Kier alpha value is -3.27. The lowest BCUT2D eigenvalue weighted by atomic mass is 10.1. The molecule has 4 N–H and O–H groups in total. The number of benzene rings is 4. The van der Waals surface area contributed by atoms with Gasteiger partial charge >= 0.3 is 18.1 Å². The molecule has 4 aromatic rings. The van der Waals surface area contributed by atoms with Crippen LogP contribution in [-0.2, 0) is 41.8 Å². The Bertz CT molecular complexity index is 1830. The number of rotatable bonds is 15. The minimum absolute atomic E-state index is 0.00345. The Balaban J connectivity index is 0.000000284. The molecule has 0 amide bonds. The van der Waals surface area contributed by atoms with Crippen LogP contribution in [0.25, 0.3) is 0 Å². The van der Waals surface area contributed by atoms with E-state index in [1.165, 1.54) is 0 Å². The highest BCUT2D eigenvalue weighted by molar-refractivity contribution is 9.11. The summed E-state index contributed by atoms with van der Waals surface area (Å²) >= 11 is 13.8. The van der Waals surface area contributed by atoms with Gasteiger partial charge in [-0.3, -0.25) is 9.59 Å². The number of halogens is 7. The number of anilines is 2. The minimum Gasteiger partial charge on any atom is -0.487 e. The third kappa shape index (κ3) is 13.3. The summed E-state index contributed by atoms with van der Waals surface area (Å²) in [6, 6.07) is 17.1. The molecule has 0 aliphatic heterocycles. The van der Waals surface area contributed by atoms with Crippen LogP contribution in [0.1, 0.15) is 53.1 Å². The van der Waals surface area contributed by atoms with Gasteiger partial charge in [-0.05, 0) is 167 Å². The largest absolute Gasteiger partial charge is 0.487 e. The second kappa shape index (κ2) is 20.3. The summed E-state index contributed by atoms with van der Waals surface area (Å²) < 4.78 is 53.9. The first-order chi connectivity index (χ1) is 24.5. The van der Waals surface area contributed by atoms with Crippen LogP contribution in [0.5, 0.6) is 11.5 Å². The molecule has 4 aromatic carbocycles. The van der Waals surface area contributed by atoms with E-state index in [0.717, 1.165) is 49.0 Å².